The van der Waals surface area contributed by atoms with E-state index in [2.05, 4.69) is 5.32 Å². The number of amidine groups is 1. The van der Waals surface area contributed by atoms with Crippen LogP contribution in [0.15, 0.2) is 35.3 Å². The highest BCUT2D eigenvalue weighted by molar-refractivity contribution is 6.07. The standard InChI is InChI=1S/C21H28N4O3/c1-15-23-21(19(26)25(15)10-11-28-2)9-8-17-13-24(14-18(17)21)20(27)22-12-16-6-4-3-5-7-16/h3-7,17-18H,8-14H2,1-2H3,(H,22,27)/t17-,18+,21-/m1/s1. The molecule has 28 heavy (non-hydrogen) atoms. The van der Waals surface area contributed by atoms with E-state index >= 15 is 0 Å². The summed E-state index contributed by atoms with van der Waals surface area (Å²) in [5.74, 6) is 1.30. The van der Waals surface area contributed by atoms with E-state index in [4.69, 9.17) is 9.73 Å². The number of ether oxygens (including phenoxy) is 1. The van der Waals surface area contributed by atoms with Gasteiger partial charge in [0, 0.05) is 32.7 Å². The highest BCUT2D eigenvalue weighted by atomic mass is 16.5. The second-order valence-corrected chi connectivity index (χ2v) is 7.99. The van der Waals surface area contributed by atoms with Crippen LogP contribution in [0.2, 0.25) is 0 Å². The van der Waals surface area contributed by atoms with E-state index in [1.165, 1.54) is 0 Å². The number of likely N-dealkylation sites (tertiary alicyclic amines) is 1. The van der Waals surface area contributed by atoms with E-state index in [1.807, 2.05) is 42.2 Å². The molecule has 3 amide bonds. The molecule has 0 aromatic heterocycles. The summed E-state index contributed by atoms with van der Waals surface area (Å²) in [7, 11) is 1.64. The van der Waals surface area contributed by atoms with Gasteiger partial charge in [-0.25, -0.2) is 4.79 Å². The molecule has 0 radical (unpaired) electrons. The van der Waals surface area contributed by atoms with E-state index in [1.54, 1.807) is 12.0 Å². The molecular formula is C21H28N4O3. The Balaban J connectivity index is 1.41. The van der Waals surface area contributed by atoms with Gasteiger partial charge >= 0.3 is 6.03 Å². The van der Waals surface area contributed by atoms with Crippen LogP contribution in [-0.2, 0) is 16.1 Å². The summed E-state index contributed by atoms with van der Waals surface area (Å²) in [6.45, 7) is 4.73. The molecule has 150 valence electrons. The molecule has 1 saturated carbocycles. The molecule has 1 saturated heterocycles. The topological polar surface area (TPSA) is 74.2 Å². The molecule has 1 aliphatic carbocycles. The molecule has 1 aromatic carbocycles. The minimum atomic E-state index is -0.684. The van der Waals surface area contributed by atoms with Gasteiger partial charge in [-0.2, -0.15) is 0 Å². The first kappa shape index (κ1) is 18.9. The number of carbonyl (C=O) groups excluding carboxylic acids is 2. The van der Waals surface area contributed by atoms with Gasteiger partial charge in [-0.3, -0.25) is 14.7 Å². The Morgan fingerprint density at radius 2 is 2.11 bits per heavy atom. The van der Waals surface area contributed by atoms with Crippen molar-refractivity contribution < 1.29 is 14.3 Å². The molecule has 1 spiro atoms. The van der Waals surface area contributed by atoms with E-state index in [0.717, 1.165) is 24.2 Å². The number of nitrogens with zero attached hydrogens (tertiary/aromatic N) is 3. The van der Waals surface area contributed by atoms with Crippen LogP contribution in [0.1, 0.15) is 25.3 Å². The average molecular weight is 384 g/mol. The first-order valence-corrected chi connectivity index (χ1v) is 9.99. The van der Waals surface area contributed by atoms with Crippen molar-refractivity contribution in [3.63, 3.8) is 0 Å². The molecule has 2 aliphatic heterocycles. The van der Waals surface area contributed by atoms with Crippen LogP contribution in [0.25, 0.3) is 0 Å². The van der Waals surface area contributed by atoms with Gasteiger partial charge in [0.2, 0.25) is 0 Å². The Kier molecular flexibility index (Phi) is 5.10. The summed E-state index contributed by atoms with van der Waals surface area (Å²) in [6.07, 6.45) is 1.72. The number of methoxy groups -OCH3 is 1. The molecule has 1 N–H and O–H groups in total. The Morgan fingerprint density at radius 1 is 1.32 bits per heavy atom. The van der Waals surface area contributed by atoms with Gasteiger partial charge in [-0.15, -0.1) is 0 Å². The zero-order chi connectivity index (χ0) is 19.7. The van der Waals surface area contributed by atoms with Crippen LogP contribution in [-0.4, -0.2) is 66.5 Å². The molecule has 2 heterocycles. The Bertz CT molecular complexity index is 781. The SMILES string of the molecule is COCCN1C(=O)[C@]2(CC[C@@H]3CN(C(=O)NCc4ccccc4)C[C@@H]32)N=C1C. The van der Waals surface area contributed by atoms with E-state index in [-0.39, 0.29) is 17.9 Å². The Labute approximate surface area is 165 Å². The lowest BCUT2D eigenvalue weighted by Crippen LogP contribution is -2.48. The number of hydrogen-bond acceptors (Lipinski definition) is 4. The number of rotatable bonds is 5. The number of carbonyl (C=O) groups is 2. The van der Waals surface area contributed by atoms with Crippen molar-refractivity contribution in [2.75, 3.05) is 33.4 Å². The summed E-state index contributed by atoms with van der Waals surface area (Å²) in [5, 5.41) is 3.01. The number of hydrogen-bond donors (Lipinski definition) is 1. The predicted octanol–water partition coefficient (Wildman–Crippen LogP) is 1.88. The first-order valence-electron chi connectivity index (χ1n) is 9.99. The second-order valence-electron chi connectivity index (χ2n) is 7.99. The zero-order valence-electron chi connectivity index (χ0n) is 16.6. The monoisotopic (exact) mass is 384 g/mol. The fourth-order valence-corrected chi connectivity index (χ4v) is 4.97. The van der Waals surface area contributed by atoms with Gasteiger partial charge in [0.1, 0.15) is 11.4 Å². The number of fused-ring (bicyclic) bond motifs is 2. The number of benzene rings is 1. The molecule has 4 rings (SSSR count). The maximum atomic E-state index is 13.2. The van der Waals surface area contributed by atoms with Crippen LogP contribution in [0.3, 0.4) is 0 Å². The number of amides is 3. The van der Waals surface area contributed by atoms with Gasteiger partial charge in [-0.05, 0) is 31.2 Å². The third kappa shape index (κ3) is 3.17. The quantitative estimate of drug-likeness (QED) is 0.842. The van der Waals surface area contributed by atoms with E-state index in [9.17, 15) is 9.59 Å². The fraction of sp³-hybridized carbons (Fsp3) is 0.571. The molecule has 0 unspecified atom stereocenters. The number of nitrogens with one attached hydrogen (secondary N) is 1. The highest BCUT2D eigenvalue weighted by Crippen LogP contribution is 2.50. The molecule has 1 aromatic rings. The van der Waals surface area contributed by atoms with Crippen LogP contribution in [0, 0.1) is 11.8 Å². The minimum absolute atomic E-state index is 0.0595. The van der Waals surface area contributed by atoms with Crippen molar-refractivity contribution in [1.82, 2.24) is 15.1 Å². The molecule has 7 heteroatoms. The largest absolute Gasteiger partial charge is 0.383 e. The van der Waals surface area contributed by atoms with Crippen LogP contribution < -0.4 is 5.32 Å². The summed E-state index contributed by atoms with van der Waals surface area (Å²) >= 11 is 0. The van der Waals surface area contributed by atoms with Gasteiger partial charge < -0.3 is 15.0 Å². The lowest BCUT2D eigenvalue weighted by Gasteiger charge is -2.28. The molecular weight excluding hydrogens is 356 g/mol. The third-order valence-electron chi connectivity index (χ3n) is 6.41. The summed E-state index contributed by atoms with van der Waals surface area (Å²) in [6, 6.07) is 9.83. The normalized spacial score (nSPS) is 28.8. The van der Waals surface area contributed by atoms with Crippen molar-refractivity contribution in [3.8, 4) is 0 Å². The summed E-state index contributed by atoms with van der Waals surface area (Å²) in [4.78, 5) is 34.3. The smallest absolute Gasteiger partial charge is 0.317 e. The van der Waals surface area contributed by atoms with Gasteiger partial charge in [0.25, 0.3) is 5.91 Å². The van der Waals surface area contributed by atoms with Crippen molar-refractivity contribution in [1.29, 1.82) is 0 Å². The van der Waals surface area contributed by atoms with Crippen LogP contribution >= 0.6 is 0 Å². The minimum Gasteiger partial charge on any atom is -0.383 e. The Morgan fingerprint density at radius 3 is 2.86 bits per heavy atom. The van der Waals surface area contributed by atoms with E-state index in [0.29, 0.717) is 38.7 Å². The molecule has 2 fully saturated rings. The third-order valence-corrected chi connectivity index (χ3v) is 6.41. The maximum absolute atomic E-state index is 13.2. The number of urea groups is 1. The van der Waals surface area contributed by atoms with Crippen LogP contribution in [0.5, 0.6) is 0 Å². The fourth-order valence-electron chi connectivity index (χ4n) is 4.97. The predicted molar refractivity (Wildman–Crippen MR) is 106 cm³/mol. The lowest BCUT2D eigenvalue weighted by atomic mass is 9.85. The second kappa shape index (κ2) is 7.54. The Hall–Kier alpha value is -2.41. The van der Waals surface area contributed by atoms with E-state index < -0.39 is 5.54 Å². The first-order chi connectivity index (χ1) is 13.5. The zero-order valence-corrected chi connectivity index (χ0v) is 16.6. The van der Waals surface area contributed by atoms with Crippen LogP contribution in [0.4, 0.5) is 4.79 Å². The van der Waals surface area contributed by atoms with Crippen molar-refractivity contribution in [2.24, 2.45) is 16.8 Å². The van der Waals surface area contributed by atoms with Gasteiger partial charge in [0.15, 0.2) is 0 Å². The van der Waals surface area contributed by atoms with Crippen molar-refractivity contribution in [2.45, 2.75) is 31.8 Å². The maximum Gasteiger partial charge on any atom is 0.317 e. The summed E-state index contributed by atoms with van der Waals surface area (Å²) in [5.41, 5.74) is 0.392. The van der Waals surface area contributed by atoms with Gasteiger partial charge in [0.05, 0.1) is 13.2 Å². The molecule has 7 nitrogen and oxygen atoms in total. The molecule has 3 atom stereocenters. The van der Waals surface area contributed by atoms with Crippen molar-refractivity contribution in [3.05, 3.63) is 35.9 Å². The lowest BCUT2D eigenvalue weighted by molar-refractivity contribution is -0.132. The number of aliphatic imine (C=N–C) groups is 1. The average Bonchev–Trinajstić information content (AvgIpc) is 3.34. The highest BCUT2D eigenvalue weighted by Gasteiger charge is 2.61. The van der Waals surface area contributed by atoms with Gasteiger partial charge in [-0.1, -0.05) is 30.3 Å². The summed E-state index contributed by atoms with van der Waals surface area (Å²) < 4.78 is 5.14. The molecule has 0 bridgehead atoms. The van der Waals surface area contributed by atoms with Crippen molar-refractivity contribution >= 4 is 17.8 Å². The molecule has 3 aliphatic rings.